The van der Waals surface area contributed by atoms with Gasteiger partial charge in [-0.3, -0.25) is 0 Å². The largest absolute Gasteiger partial charge is 0.367 e. The third-order valence-electron chi connectivity index (χ3n) is 3.40. The quantitative estimate of drug-likeness (QED) is 0.819. The van der Waals surface area contributed by atoms with E-state index in [9.17, 15) is 0 Å². The minimum absolute atomic E-state index is 0.596. The first-order valence-corrected chi connectivity index (χ1v) is 6.14. The first-order valence-electron chi connectivity index (χ1n) is 6.14. The number of nitrogens with zero attached hydrogens (tertiary/aromatic N) is 1. The SMILES string of the molecule is CNC1CCC(Nc2cc(C)ccn2)CC1. The van der Waals surface area contributed by atoms with Gasteiger partial charge in [0, 0.05) is 18.3 Å². The summed E-state index contributed by atoms with van der Waals surface area (Å²) in [4.78, 5) is 4.35. The molecule has 1 saturated carbocycles. The molecule has 0 unspecified atom stereocenters. The molecule has 2 N–H and O–H groups in total. The monoisotopic (exact) mass is 219 g/mol. The van der Waals surface area contributed by atoms with Gasteiger partial charge in [0.15, 0.2) is 0 Å². The Hall–Kier alpha value is -1.09. The number of aryl methyl sites for hydroxylation is 1. The maximum Gasteiger partial charge on any atom is 0.126 e. The van der Waals surface area contributed by atoms with Crippen LogP contribution in [0.2, 0.25) is 0 Å². The van der Waals surface area contributed by atoms with E-state index in [-0.39, 0.29) is 0 Å². The summed E-state index contributed by atoms with van der Waals surface area (Å²) in [5, 5.41) is 6.88. The average molecular weight is 219 g/mol. The Morgan fingerprint density at radius 1 is 1.19 bits per heavy atom. The summed E-state index contributed by atoms with van der Waals surface area (Å²) >= 11 is 0. The smallest absolute Gasteiger partial charge is 0.126 e. The lowest BCUT2D eigenvalue weighted by molar-refractivity contribution is 0.371. The number of pyridine rings is 1. The molecule has 1 fully saturated rings. The van der Waals surface area contributed by atoms with Crippen LogP contribution in [-0.2, 0) is 0 Å². The number of rotatable bonds is 3. The van der Waals surface area contributed by atoms with Gasteiger partial charge in [-0.25, -0.2) is 4.98 Å². The second-order valence-corrected chi connectivity index (χ2v) is 4.70. The number of hydrogen-bond acceptors (Lipinski definition) is 3. The van der Waals surface area contributed by atoms with Gasteiger partial charge in [0.2, 0.25) is 0 Å². The molecule has 0 amide bonds. The Balaban J connectivity index is 1.87. The van der Waals surface area contributed by atoms with Crippen LogP contribution in [0.5, 0.6) is 0 Å². The van der Waals surface area contributed by atoms with Crippen LogP contribution >= 0.6 is 0 Å². The van der Waals surface area contributed by atoms with Gasteiger partial charge in [0.1, 0.15) is 5.82 Å². The maximum absolute atomic E-state index is 4.35. The van der Waals surface area contributed by atoms with Crippen LogP contribution in [0.1, 0.15) is 31.2 Å². The summed E-state index contributed by atoms with van der Waals surface area (Å²) in [5.74, 6) is 1.02. The fraction of sp³-hybridized carbons (Fsp3) is 0.615. The van der Waals surface area contributed by atoms with Crippen LogP contribution in [-0.4, -0.2) is 24.1 Å². The van der Waals surface area contributed by atoms with Crippen molar-refractivity contribution in [1.82, 2.24) is 10.3 Å². The molecular formula is C13H21N3. The predicted octanol–water partition coefficient (Wildman–Crippen LogP) is 2.33. The third kappa shape index (κ3) is 2.95. The van der Waals surface area contributed by atoms with Gasteiger partial charge < -0.3 is 10.6 Å². The van der Waals surface area contributed by atoms with Crippen molar-refractivity contribution >= 4 is 5.82 Å². The first-order chi connectivity index (χ1) is 7.78. The zero-order chi connectivity index (χ0) is 11.4. The molecule has 3 nitrogen and oxygen atoms in total. The van der Waals surface area contributed by atoms with Gasteiger partial charge in [0.05, 0.1) is 0 Å². The Bertz CT molecular complexity index is 330. The van der Waals surface area contributed by atoms with Gasteiger partial charge in [-0.1, -0.05) is 0 Å². The fourth-order valence-corrected chi connectivity index (χ4v) is 2.35. The lowest BCUT2D eigenvalue weighted by Crippen LogP contribution is -2.35. The zero-order valence-corrected chi connectivity index (χ0v) is 10.2. The predicted molar refractivity (Wildman–Crippen MR) is 67.7 cm³/mol. The van der Waals surface area contributed by atoms with Crippen molar-refractivity contribution < 1.29 is 0 Å². The number of hydrogen-bond donors (Lipinski definition) is 2. The summed E-state index contributed by atoms with van der Waals surface area (Å²) < 4.78 is 0. The zero-order valence-electron chi connectivity index (χ0n) is 10.2. The van der Waals surface area contributed by atoms with Crippen molar-refractivity contribution in [2.45, 2.75) is 44.7 Å². The molecule has 2 rings (SSSR count). The van der Waals surface area contributed by atoms with Crippen molar-refractivity contribution in [3.8, 4) is 0 Å². The normalized spacial score (nSPS) is 25.4. The fourth-order valence-electron chi connectivity index (χ4n) is 2.35. The number of anilines is 1. The van der Waals surface area contributed by atoms with Gasteiger partial charge >= 0.3 is 0 Å². The highest BCUT2D eigenvalue weighted by molar-refractivity contribution is 5.38. The molecule has 1 aliphatic rings. The van der Waals surface area contributed by atoms with Crippen LogP contribution < -0.4 is 10.6 Å². The molecule has 0 spiro atoms. The van der Waals surface area contributed by atoms with Gasteiger partial charge in [-0.05, 0) is 57.4 Å². The third-order valence-corrected chi connectivity index (χ3v) is 3.40. The standard InChI is InChI=1S/C13H21N3/c1-10-7-8-15-13(9-10)16-12-5-3-11(14-2)4-6-12/h7-9,11-12,14H,3-6H2,1-2H3,(H,15,16). The van der Waals surface area contributed by atoms with E-state index in [0.717, 1.165) is 5.82 Å². The van der Waals surface area contributed by atoms with Gasteiger partial charge in [-0.15, -0.1) is 0 Å². The van der Waals surface area contributed by atoms with Crippen LogP contribution in [0.3, 0.4) is 0 Å². The molecule has 1 heterocycles. The Kier molecular flexibility index (Phi) is 3.78. The molecule has 0 radical (unpaired) electrons. The minimum Gasteiger partial charge on any atom is -0.367 e. The molecule has 3 heteroatoms. The van der Waals surface area contributed by atoms with Crippen LogP contribution in [0.15, 0.2) is 18.3 Å². The highest BCUT2D eigenvalue weighted by atomic mass is 15.0. The van der Waals surface area contributed by atoms with E-state index in [1.165, 1.54) is 31.2 Å². The van der Waals surface area contributed by atoms with E-state index in [4.69, 9.17) is 0 Å². The lowest BCUT2D eigenvalue weighted by atomic mass is 9.91. The summed E-state index contributed by atoms with van der Waals surface area (Å²) in [6.45, 7) is 2.10. The van der Waals surface area contributed by atoms with Crippen LogP contribution in [0.4, 0.5) is 5.82 Å². The van der Waals surface area contributed by atoms with Crippen molar-refractivity contribution in [2.24, 2.45) is 0 Å². The van der Waals surface area contributed by atoms with E-state index >= 15 is 0 Å². The summed E-state index contributed by atoms with van der Waals surface area (Å²) in [6, 6.07) is 5.45. The number of nitrogens with one attached hydrogen (secondary N) is 2. The topological polar surface area (TPSA) is 37.0 Å². The van der Waals surface area contributed by atoms with Gasteiger partial charge in [-0.2, -0.15) is 0 Å². The molecule has 0 aliphatic heterocycles. The second-order valence-electron chi connectivity index (χ2n) is 4.70. The molecular weight excluding hydrogens is 198 g/mol. The molecule has 16 heavy (non-hydrogen) atoms. The van der Waals surface area contributed by atoms with E-state index in [1.807, 2.05) is 12.3 Å². The first kappa shape index (κ1) is 11.4. The number of aromatic nitrogens is 1. The summed E-state index contributed by atoms with van der Waals surface area (Å²) in [7, 11) is 2.06. The molecule has 0 bridgehead atoms. The Morgan fingerprint density at radius 2 is 1.88 bits per heavy atom. The van der Waals surface area contributed by atoms with E-state index in [0.29, 0.717) is 12.1 Å². The van der Waals surface area contributed by atoms with E-state index in [2.05, 4.69) is 35.7 Å². The summed E-state index contributed by atoms with van der Waals surface area (Å²) in [6.07, 6.45) is 6.87. The Labute approximate surface area is 97.7 Å². The van der Waals surface area contributed by atoms with Crippen molar-refractivity contribution in [3.05, 3.63) is 23.9 Å². The maximum atomic E-state index is 4.35. The highest BCUT2D eigenvalue weighted by Crippen LogP contribution is 2.21. The molecule has 1 aliphatic carbocycles. The summed E-state index contributed by atoms with van der Waals surface area (Å²) in [5.41, 5.74) is 1.27. The Morgan fingerprint density at radius 3 is 2.50 bits per heavy atom. The van der Waals surface area contributed by atoms with Crippen LogP contribution in [0, 0.1) is 6.92 Å². The van der Waals surface area contributed by atoms with Crippen LogP contribution in [0.25, 0.3) is 0 Å². The van der Waals surface area contributed by atoms with E-state index in [1.54, 1.807) is 0 Å². The van der Waals surface area contributed by atoms with Crippen molar-refractivity contribution in [1.29, 1.82) is 0 Å². The van der Waals surface area contributed by atoms with E-state index < -0.39 is 0 Å². The highest BCUT2D eigenvalue weighted by Gasteiger charge is 2.19. The minimum atomic E-state index is 0.596. The molecule has 1 aromatic heterocycles. The average Bonchev–Trinajstić information content (AvgIpc) is 2.30. The lowest BCUT2D eigenvalue weighted by Gasteiger charge is -2.29. The molecule has 0 saturated heterocycles. The molecule has 0 aromatic carbocycles. The van der Waals surface area contributed by atoms with Crippen molar-refractivity contribution in [3.63, 3.8) is 0 Å². The van der Waals surface area contributed by atoms with Crippen molar-refractivity contribution in [2.75, 3.05) is 12.4 Å². The second kappa shape index (κ2) is 5.30. The molecule has 1 aromatic rings. The molecule has 0 atom stereocenters. The van der Waals surface area contributed by atoms with Gasteiger partial charge in [0.25, 0.3) is 0 Å². The molecule has 88 valence electrons.